The van der Waals surface area contributed by atoms with Gasteiger partial charge in [-0.15, -0.1) is 24.0 Å². The first kappa shape index (κ1) is 23.7. The van der Waals surface area contributed by atoms with Gasteiger partial charge in [-0.3, -0.25) is 4.79 Å². The van der Waals surface area contributed by atoms with Crippen molar-refractivity contribution in [3.05, 3.63) is 23.9 Å². The third-order valence-electron chi connectivity index (χ3n) is 5.70. The van der Waals surface area contributed by atoms with Crippen molar-refractivity contribution in [3.8, 4) is 0 Å². The highest BCUT2D eigenvalue weighted by Crippen LogP contribution is 2.29. The van der Waals surface area contributed by atoms with E-state index in [-0.39, 0.29) is 35.8 Å². The number of nitrogens with zero attached hydrogens (tertiary/aromatic N) is 4. The van der Waals surface area contributed by atoms with Crippen LogP contribution in [0.2, 0.25) is 0 Å². The van der Waals surface area contributed by atoms with Crippen molar-refractivity contribution in [1.29, 1.82) is 0 Å². The molecule has 0 bridgehead atoms. The van der Waals surface area contributed by atoms with Gasteiger partial charge < -0.3 is 20.9 Å². The molecule has 3 rings (SSSR count). The van der Waals surface area contributed by atoms with Gasteiger partial charge in [0.2, 0.25) is 5.91 Å². The van der Waals surface area contributed by atoms with E-state index >= 15 is 0 Å². The number of halogens is 1. The summed E-state index contributed by atoms with van der Waals surface area (Å²) in [6.07, 6.45) is 4.81. The van der Waals surface area contributed by atoms with Crippen molar-refractivity contribution in [3.63, 3.8) is 0 Å². The molecule has 1 aromatic heterocycles. The molecule has 1 atom stereocenters. The van der Waals surface area contributed by atoms with Crippen molar-refractivity contribution in [2.24, 2.45) is 22.1 Å². The van der Waals surface area contributed by atoms with E-state index in [9.17, 15) is 4.79 Å². The summed E-state index contributed by atoms with van der Waals surface area (Å²) >= 11 is 0. The number of hydrogen-bond acceptors (Lipinski definition) is 4. The highest BCUT2D eigenvalue weighted by molar-refractivity contribution is 14.0. The van der Waals surface area contributed by atoms with Crippen molar-refractivity contribution in [1.82, 2.24) is 15.2 Å². The van der Waals surface area contributed by atoms with Gasteiger partial charge in [-0.1, -0.05) is 19.9 Å². The number of pyridine rings is 1. The van der Waals surface area contributed by atoms with Crippen LogP contribution in [0.5, 0.6) is 0 Å². The Morgan fingerprint density at radius 3 is 2.86 bits per heavy atom. The first-order valence-corrected chi connectivity index (χ1v) is 10.4. The second-order valence-corrected chi connectivity index (χ2v) is 8.68. The van der Waals surface area contributed by atoms with E-state index in [4.69, 9.17) is 10.7 Å². The Morgan fingerprint density at radius 2 is 2.21 bits per heavy atom. The molecule has 8 heteroatoms. The minimum atomic E-state index is -0.216. The molecule has 0 aromatic carbocycles. The van der Waals surface area contributed by atoms with Crippen LogP contribution in [-0.2, 0) is 11.3 Å². The van der Waals surface area contributed by atoms with Crippen LogP contribution in [0.4, 0.5) is 5.82 Å². The number of hydrogen-bond donors (Lipinski definition) is 2. The summed E-state index contributed by atoms with van der Waals surface area (Å²) in [5.74, 6) is 1.58. The summed E-state index contributed by atoms with van der Waals surface area (Å²) in [6, 6.07) is 4.03. The van der Waals surface area contributed by atoms with Crippen molar-refractivity contribution in [2.45, 2.75) is 46.6 Å². The third-order valence-corrected chi connectivity index (χ3v) is 5.70. The van der Waals surface area contributed by atoms with Gasteiger partial charge in [0.05, 0.1) is 12.5 Å². The number of nitrogens with two attached hydrogens (primary N) is 1. The monoisotopic (exact) mass is 514 g/mol. The second-order valence-electron chi connectivity index (χ2n) is 8.68. The highest BCUT2D eigenvalue weighted by Gasteiger charge is 2.31. The molecular weight excluding hydrogens is 479 g/mol. The van der Waals surface area contributed by atoms with Gasteiger partial charge in [-0.05, 0) is 37.7 Å². The molecule has 29 heavy (non-hydrogen) atoms. The molecule has 1 amide bonds. The van der Waals surface area contributed by atoms with Crippen molar-refractivity contribution in [2.75, 3.05) is 37.6 Å². The van der Waals surface area contributed by atoms with Crippen molar-refractivity contribution >= 4 is 41.7 Å². The molecule has 2 saturated heterocycles. The quantitative estimate of drug-likeness (QED) is 0.359. The van der Waals surface area contributed by atoms with Crippen LogP contribution in [0.25, 0.3) is 0 Å². The average molecular weight is 514 g/mol. The minimum absolute atomic E-state index is 0. The van der Waals surface area contributed by atoms with Gasteiger partial charge in [0.25, 0.3) is 0 Å². The number of likely N-dealkylation sites (tertiary alicyclic amines) is 1. The molecule has 7 nitrogen and oxygen atoms in total. The lowest BCUT2D eigenvalue weighted by atomic mass is 9.93. The van der Waals surface area contributed by atoms with Crippen LogP contribution < -0.4 is 16.0 Å². The predicted molar refractivity (Wildman–Crippen MR) is 129 cm³/mol. The lowest BCUT2D eigenvalue weighted by molar-refractivity contribution is -0.122. The Balaban J connectivity index is 0.00000300. The van der Waals surface area contributed by atoms with Gasteiger partial charge in [-0.2, -0.15) is 0 Å². The van der Waals surface area contributed by atoms with Gasteiger partial charge in [0.1, 0.15) is 5.82 Å². The zero-order valence-corrected chi connectivity index (χ0v) is 20.2. The first-order chi connectivity index (χ1) is 13.4. The summed E-state index contributed by atoms with van der Waals surface area (Å²) < 4.78 is 0. The Kier molecular flexibility index (Phi) is 8.54. The molecule has 0 spiro atoms. The standard InChI is InChI=1S/C21H34N6O.HI/c1-4-23-20(27-12-9-21(2,3)15-27)25-13-16-7-5-10-24-19(16)26-11-6-8-17(14-26)18(22)28;/h5,7,10,17H,4,6,8-9,11-15H2,1-3H3,(H2,22,28)(H,23,25);1H. The molecule has 0 saturated carbocycles. The number of piperidine rings is 1. The van der Waals surface area contributed by atoms with E-state index in [2.05, 4.69) is 46.9 Å². The molecule has 2 aliphatic heterocycles. The van der Waals surface area contributed by atoms with Gasteiger partial charge >= 0.3 is 0 Å². The number of aliphatic imine (C=N–C) groups is 1. The SMILES string of the molecule is CCNC(=NCc1cccnc1N1CCCC(C(N)=O)C1)N1CCC(C)(C)C1.I. The molecule has 2 aliphatic rings. The van der Waals surface area contributed by atoms with Gasteiger partial charge in [0.15, 0.2) is 5.96 Å². The van der Waals surface area contributed by atoms with E-state index in [1.165, 1.54) is 6.42 Å². The van der Waals surface area contributed by atoms with Crippen LogP contribution in [0.1, 0.15) is 45.6 Å². The number of anilines is 1. The number of guanidine groups is 1. The second kappa shape index (κ2) is 10.4. The largest absolute Gasteiger partial charge is 0.369 e. The maximum absolute atomic E-state index is 11.6. The number of rotatable bonds is 5. The Hall–Kier alpha value is -1.58. The van der Waals surface area contributed by atoms with Gasteiger partial charge in [0, 0.05) is 44.5 Å². The molecule has 1 aromatic rings. The number of carbonyl (C=O) groups is 1. The maximum atomic E-state index is 11.6. The predicted octanol–water partition coefficient (Wildman–Crippen LogP) is 2.60. The zero-order valence-electron chi connectivity index (χ0n) is 17.9. The lowest BCUT2D eigenvalue weighted by Crippen LogP contribution is -2.42. The van der Waals surface area contributed by atoms with Crippen LogP contribution in [0.15, 0.2) is 23.3 Å². The van der Waals surface area contributed by atoms with E-state index in [1.807, 2.05) is 12.3 Å². The number of aromatic nitrogens is 1. The normalized spacial score (nSPS) is 21.6. The summed E-state index contributed by atoms with van der Waals surface area (Å²) in [4.78, 5) is 25.7. The molecule has 1 unspecified atom stereocenters. The van der Waals surface area contributed by atoms with Gasteiger partial charge in [-0.25, -0.2) is 9.98 Å². The van der Waals surface area contributed by atoms with Crippen LogP contribution >= 0.6 is 24.0 Å². The van der Waals surface area contributed by atoms with Crippen LogP contribution in [-0.4, -0.2) is 54.5 Å². The summed E-state index contributed by atoms with van der Waals surface area (Å²) in [6.45, 7) is 11.7. The third kappa shape index (κ3) is 6.20. The Morgan fingerprint density at radius 1 is 1.41 bits per heavy atom. The highest BCUT2D eigenvalue weighted by atomic mass is 127. The van der Waals surface area contributed by atoms with Crippen molar-refractivity contribution < 1.29 is 4.79 Å². The smallest absolute Gasteiger partial charge is 0.222 e. The molecule has 3 heterocycles. The van der Waals surface area contributed by atoms with Crippen LogP contribution in [0, 0.1) is 11.3 Å². The molecule has 0 aliphatic carbocycles. The van der Waals surface area contributed by atoms with E-state index in [0.717, 1.165) is 56.4 Å². The van der Waals surface area contributed by atoms with E-state index in [0.29, 0.717) is 18.5 Å². The average Bonchev–Trinajstić information content (AvgIpc) is 3.05. The fourth-order valence-corrected chi connectivity index (χ4v) is 4.12. The summed E-state index contributed by atoms with van der Waals surface area (Å²) in [5, 5.41) is 3.43. The zero-order chi connectivity index (χ0) is 20.1. The van der Waals surface area contributed by atoms with E-state index < -0.39 is 0 Å². The molecule has 3 N–H and O–H groups in total. The fraction of sp³-hybridized carbons (Fsp3) is 0.667. The topological polar surface area (TPSA) is 86.9 Å². The molecule has 2 fully saturated rings. The maximum Gasteiger partial charge on any atom is 0.222 e. The minimum Gasteiger partial charge on any atom is -0.369 e. The Bertz CT molecular complexity index is 723. The number of carbonyl (C=O) groups excluding carboxylic acids is 1. The first-order valence-electron chi connectivity index (χ1n) is 10.4. The van der Waals surface area contributed by atoms with E-state index in [1.54, 1.807) is 0 Å². The molecular formula is C21H35IN6O. The number of amides is 1. The molecule has 162 valence electrons. The summed E-state index contributed by atoms with van der Waals surface area (Å²) in [5.41, 5.74) is 6.96. The fourth-order valence-electron chi connectivity index (χ4n) is 4.12. The molecule has 0 radical (unpaired) electrons. The lowest BCUT2D eigenvalue weighted by Gasteiger charge is -2.33. The number of nitrogens with one attached hydrogen (secondary N) is 1. The number of primary amides is 1. The summed E-state index contributed by atoms with van der Waals surface area (Å²) in [7, 11) is 0. The van der Waals surface area contributed by atoms with Crippen LogP contribution in [0.3, 0.4) is 0 Å². The Labute approximate surface area is 191 Å².